The SMILES string of the molecule is CC(C)CNC(=O)[C@H](C)N(Cc1ccccc1Cl)C(=O)CN(c1ccccc1)S(=O)(=O)N(C)C. The molecule has 2 amide bonds. The molecule has 0 aromatic heterocycles. The van der Waals surface area contributed by atoms with Crippen molar-refractivity contribution in [3.05, 3.63) is 65.2 Å². The van der Waals surface area contributed by atoms with Crippen molar-refractivity contribution in [2.24, 2.45) is 5.92 Å². The number of halogens is 1. The van der Waals surface area contributed by atoms with E-state index in [2.05, 4.69) is 5.32 Å². The van der Waals surface area contributed by atoms with Gasteiger partial charge in [0.05, 0.1) is 5.69 Å². The van der Waals surface area contributed by atoms with Crippen LogP contribution in [0.5, 0.6) is 0 Å². The number of hydrogen-bond acceptors (Lipinski definition) is 4. The number of para-hydroxylation sites is 1. The van der Waals surface area contributed by atoms with Gasteiger partial charge in [-0.3, -0.25) is 9.59 Å². The van der Waals surface area contributed by atoms with Gasteiger partial charge in [-0.25, -0.2) is 4.31 Å². The third-order valence-corrected chi connectivity index (χ3v) is 7.40. The van der Waals surface area contributed by atoms with Gasteiger partial charge in [-0.05, 0) is 36.6 Å². The van der Waals surface area contributed by atoms with Gasteiger partial charge in [0.2, 0.25) is 11.8 Å². The number of nitrogens with zero attached hydrogens (tertiary/aromatic N) is 3. The number of benzene rings is 2. The van der Waals surface area contributed by atoms with Crippen molar-refractivity contribution in [1.82, 2.24) is 14.5 Å². The zero-order valence-electron chi connectivity index (χ0n) is 20.2. The highest BCUT2D eigenvalue weighted by atomic mass is 35.5. The molecule has 8 nitrogen and oxygen atoms in total. The fourth-order valence-corrected chi connectivity index (χ4v) is 4.41. The van der Waals surface area contributed by atoms with E-state index in [0.717, 1.165) is 8.61 Å². The van der Waals surface area contributed by atoms with E-state index >= 15 is 0 Å². The smallest absolute Gasteiger partial charge is 0.304 e. The van der Waals surface area contributed by atoms with Crippen molar-refractivity contribution in [1.29, 1.82) is 0 Å². The first-order chi connectivity index (χ1) is 15.9. The lowest BCUT2D eigenvalue weighted by atomic mass is 10.1. The van der Waals surface area contributed by atoms with Gasteiger partial charge in [0.25, 0.3) is 0 Å². The first kappa shape index (κ1) is 27.6. The molecule has 0 saturated heterocycles. The van der Waals surface area contributed by atoms with Crippen molar-refractivity contribution >= 4 is 39.3 Å². The number of amides is 2. The van der Waals surface area contributed by atoms with Crippen LogP contribution in [-0.4, -0.2) is 62.7 Å². The summed E-state index contributed by atoms with van der Waals surface area (Å²) in [6.45, 7) is 5.61. The van der Waals surface area contributed by atoms with E-state index in [-0.39, 0.29) is 18.4 Å². The third kappa shape index (κ3) is 7.19. The highest BCUT2D eigenvalue weighted by Crippen LogP contribution is 2.22. The summed E-state index contributed by atoms with van der Waals surface area (Å²) < 4.78 is 28.2. The van der Waals surface area contributed by atoms with E-state index < -0.39 is 28.7 Å². The first-order valence-electron chi connectivity index (χ1n) is 11.0. The Labute approximate surface area is 207 Å². The molecule has 0 radical (unpaired) electrons. The highest BCUT2D eigenvalue weighted by molar-refractivity contribution is 7.90. The fourth-order valence-electron chi connectivity index (χ4n) is 3.16. The summed E-state index contributed by atoms with van der Waals surface area (Å²) >= 11 is 6.32. The van der Waals surface area contributed by atoms with Crippen molar-refractivity contribution in [2.45, 2.75) is 33.4 Å². The lowest BCUT2D eigenvalue weighted by Gasteiger charge is -2.33. The Hall–Kier alpha value is -2.62. The molecule has 0 aliphatic rings. The number of carbonyl (C=O) groups excluding carboxylic acids is 2. The van der Waals surface area contributed by atoms with Crippen LogP contribution in [0.2, 0.25) is 5.02 Å². The molecule has 0 aliphatic heterocycles. The summed E-state index contributed by atoms with van der Waals surface area (Å²) in [4.78, 5) is 27.8. The summed E-state index contributed by atoms with van der Waals surface area (Å²) in [5, 5.41) is 3.30. The molecule has 0 aliphatic carbocycles. The number of hydrogen-bond donors (Lipinski definition) is 1. The van der Waals surface area contributed by atoms with Crippen LogP contribution < -0.4 is 9.62 Å². The monoisotopic (exact) mass is 508 g/mol. The summed E-state index contributed by atoms with van der Waals surface area (Å²) in [7, 11) is -1.17. The van der Waals surface area contributed by atoms with E-state index in [9.17, 15) is 18.0 Å². The van der Waals surface area contributed by atoms with Crippen LogP contribution in [0.1, 0.15) is 26.3 Å². The molecule has 1 N–H and O–H groups in total. The minimum absolute atomic E-state index is 0.0550. The van der Waals surface area contributed by atoms with Crippen molar-refractivity contribution in [3.8, 4) is 0 Å². The fraction of sp³-hybridized carbons (Fsp3) is 0.417. The molecule has 10 heteroatoms. The molecule has 2 rings (SSSR count). The predicted molar refractivity (Wildman–Crippen MR) is 136 cm³/mol. The molecule has 0 spiro atoms. The predicted octanol–water partition coefficient (Wildman–Crippen LogP) is 3.14. The second-order valence-corrected chi connectivity index (χ2v) is 11.0. The van der Waals surface area contributed by atoms with Gasteiger partial charge in [0, 0.05) is 32.2 Å². The Morgan fingerprint density at radius 3 is 2.12 bits per heavy atom. The van der Waals surface area contributed by atoms with Crippen LogP contribution in [0.3, 0.4) is 0 Å². The van der Waals surface area contributed by atoms with Gasteiger partial charge in [0.1, 0.15) is 12.6 Å². The summed E-state index contributed by atoms with van der Waals surface area (Å²) in [5.74, 6) is -0.611. The molecule has 34 heavy (non-hydrogen) atoms. The lowest BCUT2D eigenvalue weighted by molar-refractivity contribution is -0.139. The van der Waals surface area contributed by atoms with Crippen molar-refractivity contribution < 1.29 is 18.0 Å². The molecular formula is C24H33ClN4O4S. The maximum absolute atomic E-state index is 13.6. The molecule has 0 bridgehead atoms. The van der Waals surface area contributed by atoms with Crippen LogP contribution in [0.4, 0.5) is 5.69 Å². The number of nitrogens with one attached hydrogen (secondary N) is 1. The first-order valence-corrected chi connectivity index (χ1v) is 12.8. The maximum Gasteiger partial charge on any atom is 0.304 e. The average Bonchev–Trinajstić information content (AvgIpc) is 2.80. The molecule has 0 unspecified atom stereocenters. The molecule has 0 fully saturated rings. The number of anilines is 1. The van der Waals surface area contributed by atoms with Gasteiger partial charge < -0.3 is 10.2 Å². The zero-order chi connectivity index (χ0) is 25.5. The van der Waals surface area contributed by atoms with Gasteiger partial charge in [-0.1, -0.05) is 61.8 Å². The van der Waals surface area contributed by atoms with Gasteiger partial charge in [-0.2, -0.15) is 12.7 Å². The Bertz CT molecular complexity index is 1080. The van der Waals surface area contributed by atoms with E-state index in [0.29, 0.717) is 22.8 Å². The minimum Gasteiger partial charge on any atom is -0.354 e. The summed E-state index contributed by atoms with van der Waals surface area (Å²) in [6, 6.07) is 14.6. The second-order valence-electron chi connectivity index (χ2n) is 8.56. The largest absolute Gasteiger partial charge is 0.354 e. The zero-order valence-corrected chi connectivity index (χ0v) is 21.8. The topological polar surface area (TPSA) is 90.0 Å². The van der Waals surface area contributed by atoms with Crippen LogP contribution in [0, 0.1) is 5.92 Å². The summed E-state index contributed by atoms with van der Waals surface area (Å²) in [6.07, 6.45) is 0. The Kier molecular flexibility index (Phi) is 9.90. The van der Waals surface area contributed by atoms with Gasteiger partial charge >= 0.3 is 10.2 Å². The second kappa shape index (κ2) is 12.2. The van der Waals surface area contributed by atoms with E-state index in [1.54, 1.807) is 61.5 Å². The molecule has 0 heterocycles. The Morgan fingerprint density at radius 2 is 1.56 bits per heavy atom. The molecule has 0 saturated carbocycles. The normalized spacial score (nSPS) is 12.5. The van der Waals surface area contributed by atoms with Crippen LogP contribution in [-0.2, 0) is 26.3 Å². The Balaban J connectivity index is 2.41. The van der Waals surface area contributed by atoms with Crippen LogP contribution in [0.25, 0.3) is 0 Å². The number of carbonyl (C=O) groups is 2. The average molecular weight is 509 g/mol. The lowest BCUT2D eigenvalue weighted by Crippen LogP contribution is -2.52. The molecule has 2 aromatic carbocycles. The van der Waals surface area contributed by atoms with Crippen LogP contribution in [0.15, 0.2) is 54.6 Å². The number of rotatable bonds is 11. The maximum atomic E-state index is 13.6. The van der Waals surface area contributed by atoms with Gasteiger partial charge in [0.15, 0.2) is 0 Å². The molecule has 2 aromatic rings. The van der Waals surface area contributed by atoms with Crippen molar-refractivity contribution in [2.75, 3.05) is 31.5 Å². The third-order valence-electron chi connectivity index (χ3n) is 5.21. The highest BCUT2D eigenvalue weighted by Gasteiger charge is 2.32. The van der Waals surface area contributed by atoms with E-state index in [1.807, 2.05) is 13.8 Å². The molecule has 186 valence electrons. The van der Waals surface area contributed by atoms with E-state index in [4.69, 9.17) is 11.6 Å². The van der Waals surface area contributed by atoms with Crippen LogP contribution >= 0.6 is 11.6 Å². The molecular weight excluding hydrogens is 476 g/mol. The minimum atomic E-state index is -3.98. The van der Waals surface area contributed by atoms with Gasteiger partial charge in [-0.15, -0.1) is 0 Å². The van der Waals surface area contributed by atoms with E-state index in [1.165, 1.54) is 19.0 Å². The standard InChI is InChI=1S/C24H33ClN4O4S/c1-18(2)15-26-24(31)19(3)28(16-20-11-9-10-14-22(20)25)23(30)17-29(34(32,33)27(4)5)21-12-7-6-8-13-21/h6-14,18-19H,15-17H2,1-5H3,(H,26,31)/t19-/m0/s1. The quantitative estimate of drug-likeness (QED) is 0.505. The molecule has 1 atom stereocenters. The van der Waals surface area contributed by atoms with Crippen molar-refractivity contribution in [3.63, 3.8) is 0 Å². The summed E-state index contributed by atoms with van der Waals surface area (Å²) in [5.41, 5.74) is 1.00. The Morgan fingerprint density at radius 1 is 0.971 bits per heavy atom.